The van der Waals surface area contributed by atoms with Gasteiger partial charge in [0.05, 0.1) is 31.4 Å². The first kappa shape index (κ1) is 17.8. The summed E-state index contributed by atoms with van der Waals surface area (Å²) < 4.78 is 16.1. The van der Waals surface area contributed by atoms with Crippen molar-refractivity contribution >= 4 is 23.2 Å². The van der Waals surface area contributed by atoms with Gasteiger partial charge >= 0.3 is 0 Å². The highest BCUT2D eigenvalue weighted by molar-refractivity contribution is 6.44. The van der Waals surface area contributed by atoms with Gasteiger partial charge in [-0.3, -0.25) is 0 Å². The second kappa shape index (κ2) is 7.33. The van der Waals surface area contributed by atoms with E-state index >= 15 is 0 Å². The molecule has 0 saturated heterocycles. The molecule has 5 heteroatoms. The third-order valence-corrected chi connectivity index (χ3v) is 4.61. The molecule has 0 aliphatic heterocycles. The lowest BCUT2D eigenvalue weighted by Gasteiger charge is -2.16. The Morgan fingerprint density at radius 1 is 0.826 bits per heavy atom. The molecule has 0 aliphatic carbocycles. The molecule has 2 aromatic carbocycles. The molecule has 0 radical (unpaired) electrons. The van der Waals surface area contributed by atoms with Gasteiger partial charge in [0, 0.05) is 5.56 Å². The summed E-state index contributed by atoms with van der Waals surface area (Å²) >= 11 is 12.9. The minimum absolute atomic E-state index is 0.300. The van der Waals surface area contributed by atoms with E-state index in [4.69, 9.17) is 37.4 Å². The number of halogens is 2. The van der Waals surface area contributed by atoms with Crippen molar-refractivity contribution in [2.24, 2.45) is 0 Å². The molecule has 2 aromatic rings. The van der Waals surface area contributed by atoms with Crippen LogP contribution in [0.15, 0.2) is 24.3 Å². The van der Waals surface area contributed by atoms with Crippen molar-refractivity contribution in [1.29, 1.82) is 0 Å². The molecule has 0 amide bonds. The zero-order valence-corrected chi connectivity index (χ0v) is 15.4. The minimum Gasteiger partial charge on any atom is -0.493 e. The van der Waals surface area contributed by atoms with E-state index in [0.29, 0.717) is 33.2 Å². The van der Waals surface area contributed by atoms with E-state index in [-0.39, 0.29) is 0 Å². The molecule has 2 rings (SSSR count). The second-order valence-corrected chi connectivity index (χ2v) is 6.15. The number of rotatable bonds is 5. The standard InChI is InChI=1S/C18H20Cl2O3/c1-10(2)12-6-7-13(17(20)16(12)19)11-8-14(21-3)18(23-5)15(9-11)22-4/h6-10H,1-5H3. The molecule has 0 saturated carbocycles. The predicted octanol–water partition coefficient (Wildman–Crippen LogP) is 5.81. The van der Waals surface area contributed by atoms with E-state index in [1.165, 1.54) is 0 Å². The Morgan fingerprint density at radius 3 is 1.83 bits per heavy atom. The van der Waals surface area contributed by atoms with Crippen LogP contribution in [0.25, 0.3) is 11.1 Å². The number of ether oxygens (including phenoxy) is 3. The van der Waals surface area contributed by atoms with Crippen LogP contribution in [-0.4, -0.2) is 21.3 Å². The van der Waals surface area contributed by atoms with Crippen molar-refractivity contribution in [2.75, 3.05) is 21.3 Å². The zero-order valence-electron chi connectivity index (χ0n) is 13.9. The van der Waals surface area contributed by atoms with Gasteiger partial charge in [0.2, 0.25) is 5.75 Å². The van der Waals surface area contributed by atoms with Crippen LogP contribution < -0.4 is 14.2 Å². The Labute approximate surface area is 147 Å². The summed E-state index contributed by atoms with van der Waals surface area (Å²) in [5, 5.41) is 1.10. The van der Waals surface area contributed by atoms with Gasteiger partial charge in [-0.25, -0.2) is 0 Å². The molecule has 0 aliphatic rings. The molecule has 3 nitrogen and oxygen atoms in total. The molecule has 0 aromatic heterocycles. The highest BCUT2D eigenvalue weighted by Crippen LogP contribution is 2.44. The van der Waals surface area contributed by atoms with Crippen LogP contribution in [0.4, 0.5) is 0 Å². The summed E-state index contributed by atoms with van der Waals surface area (Å²) in [6, 6.07) is 7.67. The van der Waals surface area contributed by atoms with Crippen molar-refractivity contribution in [1.82, 2.24) is 0 Å². The lowest BCUT2D eigenvalue weighted by Crippen LogP contribution is -1.96. The lowest BCUT2D eigenvalue weighted by atomic mass is 9.98. The topological polar surface area (TPSA) is 27.7 Å². The van der Waals surface area contributed by atoms with Gasteiger partial charge in [-0.15, -0.1) is 0 Å². The third-order valence-electron chi connectivity index (χ3n) is 3.71. The summed E-state index contributed by atoms with van der Waals surface area (Å²) in [6.45, 7) is 4.16. The first-order chi connectivity index (χ1) is 10.9. The average molecular weight is 355 g/mol. The van der Waals surface area contributed by atoms with Gasteiger partial charge in [0.15, 0.2) is 11.5 Å². The summed E-state index contributed by atoms with van der Waals surface area (Å²) in [5.74, 6) is 1.98. The Bertz CT molecular complexity index is 687. The lowest BCUT2D eigenvalue weighted by molar-refractivity contribution is 0.324. The highest BCUT2D eigenvalue weighted by Gasteiger charge is 2.18. The van der Waals surface area contributed by atoms with Crippen molar-refractivity contribution in [3.63, 3.8) is 0 Å². The molecule has 0 bridgehead atoms. The Morgan fingerprint density at radius 2 is 1.39 bits per heavy atom. The van der Waals surface area contributed by atoms with Crippen LogP contribution in [0.5, 0.6) is 17.2 Å². The van der Waals surface area contributed by atoms with Gasteiger partial charge in [-0.05, 0) is 29.2 Å². The van der Waals surface area contributed by atoms with Gasteiger partial charge in [-0.2, -0.15) is 0 Å². The zero-order chi connectivity index (χ0) is 17.1. The minimum atomic E-state index is 0.300. The monoisotopic (exact) mass is 354 g/mol. The molecule has 0 N–H and O–H groups in total. The maximum atomic E-state index is 6.50. The van der Waals surface area contributed by atoms with Gasteiger partial charge in [0.1, 0.15) is 0 Å². The van der Waals surface area contributed by atoms with E-state index in [0.717, 1.165) is 16.7 Å². The molecular weight excluding hydrogens is 335 g/mol. The van der Waals surface area contributed by atoms with E-state index in [9.17, 15) is 0 Å². The van der Waals surface area contributed by atoms with Gasteiger partial charge in [-0.1, -0.05) is 49.2 Å². The normalized spacial score (nSPS) is 10.8. The highest BCUT2D eigenvalue weighted by atomic mass is 35.5. The molecule has 0 unspecified atom stereocenters. The molecule has 0 fully saturated rings. The van der Waals surface area contributed by atoms with Crippen LogP contribution in [0.2, 0.25) is 10.0 Å². The molecular formula is C18H20Cl2O3. The fraction of sp³-hybridized carbons (Fsp3) is 0.333. The van der Waals surface area contributed by atoms with Crippen LogP contribution in [0.1, 0.15) is 25.3 Å². The predicted molar refractivity (Wildman–Crippen MR) is 95.6 cm³/mol. The maximum absolute atomic E-state index is 6.50. The van der Waals surface area contributed by atoms with E-state index in [1.807, 2.05) is 24.3 Å². The molecule has 0 heterocycles. The van der Waals surface area contributed by atoms with Crippen LogP contribution in [0.3, 0.4) is 0 Å². The summed E-state index contributed by atoms with van der Waals surface area (Å²) in [6.07, 6.45) is 0. The van der Waals surface area contributed by atoms with Crippen molar-refractivity contribution in [3.05, 3.63) is 39.9 Å². The fourth-order valence-corrected chi connectivity index (χ4v) is 3.13. The smallest absolute Gasteiger partial charge is 0.203 e. The Balaban J connectivity index is 2.65. The van der Waals surface area contributed by atoms with Crippen LogP contribution >= 0.6 is 23.2 Å². The Kier molecular flexibility index (Phi) is 5.66. The molecule has 23 heavy (non-hydrogen) atoms. The number of benzene rings is 2. The van der Waals surface area contributed by atoms with Crippen molar-refractivity contribution < 1.29 is 14.2 Å². The summed E-state index contributed by atoms with van der Waals surface area (Å²) in [7, 11) is 4.73. The number of hydrogen-bond acceptors (Lipinski definition) is 3. The van der Waals surface area contributed by atoms with Crippen molar-refractivity contribution in [2.45, 2.75) is 19.8 Å². The maximum Gasteiger partial charge on any atom is 0.203 e. The quantitative estimate of drug-likeness (QED) is 0.677. The van der Waals surface area contributed by atoms with Crippen LogP contribution in [0, 0.1) is 0 Å². The van der Waals surface area contributed by atoms with Crippen molar-refractivity contribution in [3.8, 4) is 28.4 Å². The SMILES string of the molecule is COc1cc(-c2ccc(C(C)C)c(Cl)c2Cl)cc(OC)c1OC. The Hall–Kier alpha value is -1.58. The number of methoxy groups -OCH3 is 3. The van der Waals surface area contributed by atoms with E-state index < -0.39 is 0 Å². The van der Waals surface area contributed by atoms with Gasteiger partial charge in [0.25, 0.3) is 0 Å². The first-order valence-corrected chi connectivity index (χ1v) is 7.98. The first-order valence-electron chi connectivity index (χ1n) is 7.22. The molecule has 0 spiro atoms. The average Bonchev–Trinajstić information content (AvgIpc) is 2.55. The van der Waals surface area contributed by atoms with Crippen LogP contribution in [-0.2, 0) is 0 Å². The number of hydrogen-bond donors (Lipinski definition) is 0. The largest absolute Gasteiger partial charge is 0.493 e. The molecule has 124 valence electrons. The summed E-state index contributed by atoms with van der Waals surface area (Å²) in [5.41, 5.74) is 2.69. The van der Waals surface area contributed by atoms with Gasteiger partial charge < -0.3 is 14.2 Å². The third kappa shape index (κ3) is 3.36. The fourth-order valence-electron chi connectivity index (χ4n) is 2.47. The summed E-state index contributed by atoms with van der Waals surface area (Å²) in [4.78, 5) is 0. The van der Waals surface area contributed by atoms with E-state index in [1.54, 1.807) is 21.3 Å². The second-order valence-electron chi connectivity index (χ2n) is 5.40. The molecule has 0 atom stereocenters. The van der Waals surface area contributed by atoms with E-state index in [2.05, 4.69) is 13.8 Å².